The smallest absolute Gasteiger partial charge is 0.167 e. The molecule has 1 aliphatic rings. The van der Waals surface area contributed by atoms with E-state index in [1.807, 2.05) is 84.9 Å². The van der Waals surface area contributed by atoms with Crippen LogP contribution in [0.1, 0.15) is 33.5 Å². The number of hydrogen-bond donors (Lipinski definition) is 0. The van der Waals surface area contributed by atoms with Crippen molar-refractivity contribution in [2.75, 3.05) is 0 Å². The van der Waals surface area contributed by atoms with Crippen LogP contribution in [0.15, 0.2) is 102 Å². The second kappa shape index (κ2) is 6.93. The molecule has 28 heavy (non-hydrogen) atoms. The van der Waals surface area contributed by atoms with E-state index in [0.717, 1.165) is 22.6 Å². The fraction of sp³-hybridized carbons (Fsp3) is 0.120. The van der Waals surface area contributed by atoms with Gasteiger partial charge in [-0.3, -0.25) is 4.79 Å². The number of aromatic nitrogens is 1. The Bertz CT molecular complexity index is 1090. The second-order valence-corrected chi connectivity index (χ2v) is 7.20. The number of benzene rings is 3. The molecule has 0 N–H and O–H groups in total. The maximum Gasteiger partial charge on any atom is 0.167 e. The number of hydrogen-bond acceptors (Lipinski definition) is 3. The largest absolute Gasteiger partial charge is 0.360 e. The van der Waals surface area contributed by atoms with Crippen LogP contribution in [-0.2, 0) is 0 Å². The van der Waals surface area contributed by atoms with E-state index in [9.17, 15) is 4.79 Å². The van der Waals surface area contributed by atoms with Crippen molar-refractivity contribution >= 4 is 5.78 Å². The van der Waals surface area contributed by atoms with Crippen molar-refractivity contribution in [1.82, 2.24) is 5.16 Å². The molecule has 3 heteroatoms. The Hall–Kier alpha value is -3.46. The summed E-state index contributed by atoms with van der Waals surface area (Å²) in [7, 11) is 0. The van der Waals surface area contributed by atoms with Crippen LogP contribution in [0.4, 0.5) is 0 Å². The Kier molecular flexibility index (Phi) is 4.13. The van der Waals surface area contributed by atoms with E-state index in [4.69, 9.17) is 4.52 Å². The highest BCUT2D eigenvalue weighted by Gasteiger charge is 2.58. The minimum absolute atomic E-state index is 0.0140. The minimum Gasteiger partial charge on any atom is -0.360 e. The molecule has 0 aliphatic heterocycles. The molecular weight excluding hydrogens is 346 g/mol. The maximum atomic E-state index is 13.2. The van der Waals surface area contributed by atoms with Crippen molar-refractivity contribution in [1.29, 1.82) is 0 Å². The lowest BCUT2D eigenvalue weighted by molar-refractivity contribution is 0.0961. The van der Waals surface area contributed by atoms with Gasteiger partial charge in [0.05, 0.1) is 0 Å². The summed E-state index contributed by atoms with van der Waals surface area (Å²) in [4.78, 5) is 13.2. The molecule has 3 atom stereocenters. The van der Waals surface area contributed by atoms with Crippen LogP contribution in [-0.4, -0.2) is 10.9 Å². The van der Waals surface area contributed by atoms with Crippen LogP contribution >= 0.6 is 0 Å². The molecule has 1 aliphatic carbocycles. The van der Waals surface area contributed by atoms with E-state index in [0.29, 0.717) is 0 Å². The zero-order valence-electron chi connectivity index (χ0n) is 15.2. The summed E-state index contributed by atoms with van der Waals surface area (Å²) in [5, 5.41) is 4.26. The Morgan fingerprint density at radius 3 is 2.04 bits per heavy atom. The first-order chi connectivity index (χ1) is 13.8. The predicted octanol–water partition coefficient (Wildman–Crippen LogP) is 5.72. The fourth-order valence-corrected chi connectivity index (χ4v) is 4.07. The number of carbonyl (C=O) groups is 1. The highest BCUT2D eigenvalue weighted by Crippen LogP contribution is 2.61. The zero-order valence-corrected chi connectivity index (χ0v) is 15.2. The van der Waals surface area contributed by atoms with E-state index in [1.165, 1.54) is 5.56 Å². The van der Waals surface area contributed by atoms with E-state index < -0.39 is 0 Å². The molecule has 0 spiro atoms. The first kappa shape index (κ1) is 16.7. The SMILES string of the molecule is O=C(c1ccccc1)C1C(c2ccccc2)C1c1cc(-c2ccccc2)no1. The first-order valence-corrected chi connectivity index (χ1v) is 9.49. The minimum atomic E-state index is -0.124. The monoisotopic (exact) mass is 365 g/mol. The lowest BCUT2D eigenvalue weighted by atomic mass is 10.0. The normalized spacial score (nSPS) is 20.6. The summed E-state index contributed by atoms with van der Waals surface area (Å²) in [6, 6.07) is 31.7. The molecule has 3 nitrogen and oxygen atoms in total. The zero-order chi connectivity index (χ0) is 18.9. The molecular formula is C25H19NO2. The Morgan fingerprint density at radius 2 is 1.36 bits per heavy atom. The molecule has 1 fully saturated rings. The van der Waals surface area contributed by atoms with Crippen LogP contribution in [0.5, 0.6) is 0 Å². The molecule has 0 amide bonds. The molecule has 1 heterocycles. The lowest BCUT2D eigenvalue weighted by Crippen LogP contribution is -2.03. The topological polar surface area (TPSA) is 43.1 Å². The van der Waals surface area contributed by atoms with Gasteiger partial charge in [-0.1, -0.05) is 96.2 Å². The van der Waals surface area contributed by atoms with Crippen LogP contribution in [0.3, 0.4) is 0 Å². The van der Waals surface area contributed by atoms with Gasteiger partial charge in [0.15, 0.2) is 5.78 Å². The standard InChI is InChI=1S/C25H19NO2/c27-25(19-14-8-3-9-15-19)24-22(18-12-6-2-7-13-18)23(24)21-16-20(26-28-21)17-10-4-1-5-11-17/h1-16,22-24H. The molecule has 1 aromatic heterocycles. The Balaban J connectivity index is 1.50. The van der Waals surface area contributed by atoms with Gasteiger partial charge in [0, 0.05) is 34.9 Å². The highest BCUT2D eigenvalue weighted by molar-refractivity contribution is 6.01. The van der Waals surface area contributed by atoms with Crippen molar-refractivity contribution in [3.63, 3.8) is 0 Å². The number of carbonyl (C=O) groups excluding carboxylic acids is 1. The summed E-state index contributed by atoms with van der Waals surface area (Å²) in [5.41, 5.74) is 3.73. The van der Waals surface area contributed by atoms with Crippen molar-refractivity contribution in [3.8, 4) is 11.3 Å². The number of nitrogens with zero attached hydrogens (tertiary/aromatic N) is 1. The van der Waals surface area contributed by atoms with Crippen molar-refractivity contribution in [2.45, 2.75) is 11.8 Å². The van der Waals surface area contributed by atoms with Gasteiger partial charge < -0.3 is 4.52 Å². The summed E-state index contributed by atoms with van der Waals surface area (Å²) in [6.07, 6.45) is 0. The van der Waals surface area contributed by atoms with E-state index in [2.05, 4.69) is 17.3 Å². The van der Waals surface area contributed by atoms with Gasteiger partial charge in [-0.25, -0.2) is 0 Å². The van der Waals surface area contributed by atoms with Crippen LogP contribution in [0.25, 0.3) is 11.3 Å². The van der Waals surface area contributed by atoms with Gasteiger partial charge in [-0.2, -0.15) is 0 Å². The molecule has 5 rings (SSSR count). The summed E-state index contributed by atoms with van der Waals surface area (Å²) in [6.45, 7) is 0. The second-order valence-electron chi connectivity index (χ2n) is 7.20. The van der Waals surface area contributed by atoms with Crippen LogP contribution in [0, 0.1) is 5.92 Å². The summed E-state index contributed by atoms with van der Waals surface area (Å²) in [5.74, 6) is 0.950. The van der Waals surface area contributed by atoms with Gasteiger partial charge in [0.2, 0.25) is 0 Å². The molecule has 0 saturated heterocycles. The summed E-state index contributed by atoms with van der Waals surface area (Å²) < 4.78 is 5.71. The first-order valence-electron chi connectivity index (χ1n) is 9.49. The Morgan fingerprint density at radius 1 is 0.750 bits per heavy atom. The van der Waals surface area contributed by atoms with Gasteiger partial charge in [0.1, 0.15) is 11.5 Å². The van der Waals surface area contributed by atoms with Crippen molar-refractivity contribution in [2.24, 2.45) is 5.92 Å². The quantitative estimate of drug-likeness (QED) is 0.425. The van der Waals surface area contributed by atoms with E-state index in [1.54, 1.807) is 0 Å². The molecule has 0 bridgehead atoms. The fourth-order valence-electron chi connectivity index (χ4n) is 4.07. The van der Waals surface area contributed by atoms with E-state index in [-0.39, 0.29) is 23.5 Å². The highest BCUT2D eigenvalue weighted by atomic mass is 16.5. The van der Waals surface area contributed by atoms with Crippen LogP contribution < -0.4 is 0 Å². The van der Waals surface area contributed by atoms with Gasteiger partial charge in [0.25, 0.3) is 0 Å². The van der Waals surface area contributed by atoms with Gasteiger partial charge >= 0.3 is 0 Å². The van der Waals surface area contributed by atoms with Crippen molar-refractivity contribution < 1.29 is 9.32 Å². The molecule has 3 unspecified atom stereocenters. The number of ketones is 1. The number of rotatable bonds is 5. The average molecular weight is 365 g/mol. The maximum absolute atomic E-state index is 13.2. The molecule has 4 aromatic rings. The third kappa shape index (κ3) is 2.95. The molecule has 0 radical (unpaired) electrons. The van der Waals surface area contributed by atoms with Gasteiger partial charge in [-0.15, -0.1) is 0 Å². The summed E-state index contributed by atoms with van der Waals surface area (Å²) >= 11 is 0. The van der Waals surface area contributed by atoms with Gasteiger partial charge in [-0.05, 0) is 5.56 Å². The van der Waals surface area contributed by atoms with Crippen molar-refractivity contribution in [3.05, 3.63) is 114 Å². The predicted molar refractivity (Wildman–Crippen MR) is 108 cm³/mol. The number of Topliss-reactive ketones (excluding diaryl/α,β-unsaturated/α-hetero) is 1. The molecule has 136 valence electrons. The van der Waals surface area contributed by atoms with E-state index >= 15 is 0 Å². The average Bonchev–Trinajstić information content (AvgIpc) is 3.33. The Labute approximate surface area is 163 Å². The molecule has 3 aromatic carbocycles. The third-order valence-corrected chi connectivity index (χ3v) is 5.49. The van der Waals surface area contributed by atoms with Crippen LogP contribution in [0.2, 0.25) is 0 Å². The molecule has 1 saturated carbocycles. The third-order valence-electron chi connectivity index (χ3n) is 5.49. The lowest BCUT2D eigenvalue weighted by Gasteiger charge is -2.00.